The van der Waals surface area contributed by atoms with Crippen LogP contribution in [0.2, 0.25) is 0 Å². The van der Waals surface area contributed by atoms with Crippen LogP contribution < -0.4 is 5.32 Å². The first-order valence-electron chi connectivity index (χ1n) is 4.53. The lowest BCUT2D eigenvalue weighted by atomic mass is 10.1. The lowest BCUT2D eigenvalue weighted by molar-refractivity contribution is -0.146. The quantitative estimate of drug-likeness (QED) is 0.640. The SMILES string of the molecule is C=O.CCOC(=O)C1CCCCN1. The molecule has 1 fully saturated rings. The molecular formula is C9H17NO3. The highest BCUT2D eigenvalue weighted by Gasteiger charge is 2.20. The van der Waals surface area contributed by atoms with Gasteiger partial charge in [-0.25, -0.2) is 0 Å². The van der Waals surface area contributed by atoms with Crippen molar-refractivity contribution in [1.82, 2.24) is 5.32 Å². The molecule has 1 aliphatic rings. The zero-order valence-electron chi connectivity index (χ0n) is 8.04. The Hall–Kier alpha value is -0.900. The first-order valence-corrected chi connectivity index (χ1v) is 4.53. The number of carbonyl (C=O) groups excluding carboxylic acids is 2. The van der Waals surface area contributed by atoms with Gasteiger partial charge in [0.2, 0.25) is 0 Å². The van der Waals surface area contributed by atoms with Crippen molar-refractivity contribution in [3.63, 3.8) is 0 Å². The van der Waals surface area contributed by atoms with Gasteiger partial charge in [-0.05, 0) is 26.3 Å². The van der Waals surface area contributed by atoms with Gasteiger partial charge in [0.1, 0.15) is 12.8 Å². The van der Waals surface area contributed by atoms with Gasteiger partial charge in [-0.1, -0.05) is 6.42 Å². The average Bonchev–Trinajstić information content (AvgIpc) is 2.23. The lowest BCUT2D eigenvalue weighted by Gasteiger charge is -2.21. The number of rotatable bonds is 2. The highest BCUT2D eigenvalue weighted by Crippen LogP contribution is 2.07. The van der Waals surface area contributed by atoms with E-state index in [2.05, 4.69) is 5.32 Å². The molecule has 1 rings (SSSR count). The molecule has 1 unspecified atom stereocenters. The largest absolute Gasteiger partial charge is 0.465 e. The predicted octanol–water partition coefficient (Wildman–Crippen LogP) is 0.507. The van der Waals surface area contributed by atoms with Crippen LogP contribution in [-0.2, 0) is 14.3 Å². The molecule has 4 heteroatoms. The zero-order chi connectivity index (χ0) is 10.1. The number of esters is 1. The molecule has 0 aliphatic carbocycles. The van der Waals surface area contributed by atoms with E-state index in [1.165, 1.54) is 6.42 Å². The van der Waals surface area contributed by atoms with Crippen LogP contribution in [0.3, 0.4) is 0 Å². The molecule has 0 radical (unpaired) electrons. The van der Waals surface area contributed by atoms with E-state index in [-0.39, 0.29) is 12.0 Å². The third kappa shape index (κ3) is 4.62. The summed E-state index contributed by atoms with van der Waals surface area (Å²) in [6.45, 7) is 5.27. The molecule has 0 aromatic rings. The minimum atomic E-state index is -0.0906. The van der Waals surface area contributed by atoms with Crippen LogP contribution in [0.5, 0.6) is 0 Å². The van der Waals surface area contributed by atoms with Crippen molar-refractivity contribution in [2.45, 2.75) is 32.2 Å². The molecule has 0 saturated carbocycles. The maximum absolute atomic E-state index is 11.1. The Morgan fingerprint density at radius 3 is 2.69 bits per heavy atom. The topological polar surface area (TPSA) is 55.4 Å². The van der Waals surface area contributed by atoms with Crippen molar-refractivity contribution in [1.29, 1.82) is 0 Å². The zero-order valence-corrected chi connectivity index (χ0v) is 8.04. The van der Waals surface area contributed by atoms with Gasteiger partial charge in [-0.3, -0.25) is 4.79 Å². The number of ether oxygens (including phenoxy) is 1. The van der Waals surface area contributed by atoms with Crippen LogP contribution in [0.25, 0.3) is 0 Å². The van der Waals surface area contributed by atoms with Crippen molar-refractivity contribution in [3.05, 3.63) is 0 Å². The molecule has 0 bridgehead atoms. The summed E-state index contributed by atoms with van der Waals surface area (Å²) in [5, 5.41) is 3.13. The highest BCUT2D eigenvalue weighted by atomic mass is 16.5. The van der Waals surface area contributed by atoms with E-state index in [4.69, 9.17) is 9.53 Å². The fourth-order valence-corrected chi connectivity index (χ4v) is 1.30. The number of carbonyl (C=O) groups is 2. The summed E-state index contributed by atoms with van der Waals surface area (Å²) in [4.78, 5) is 19.1. The van der Waals surface area contributed by atoms with E-state index in [1.807, 2.05) is 13.7 Å². The monoisotopic (exact) mass is 187 g/mol. The Kier molecular flexibility index (Phi) is 7.20. The van der Waals surface area contributed by atoms with Crippen molar-refractivity contribution in [2.24, 2.45) is 0 Å². The first kappa shape index (κ1) is 12.1. The van der Waals surface area contributed by atoms with E-state index in [9.17, 15) is 4.79 Å². The van der Waals surface area contributed by atoms with Gasteiger partial charge in [0.15, 0.2) is 0 Å². The van der Waals surface area contributed by atoms with Gasteiger partial charge >= 0.3 is 5.97 Å². The third-order valence-corrected chi connectivity index (χ3v) is 1.88. The molecule has 0 spiro atoms. The number of piperidine rings is 1. The standard InChI is InChI=1S/C8H15NO2.CH2O/c1-2-11-8(10)7-5-3-4-6-9-7;1-2/h7,9H,2-6H2,1H3;1H2. The van der Waals surface area contributed by atoms with E-state index in [0.717, 1.165) is 19.4 Å². The minimum Gasteiger partial charge on any atom is -0.465 e. The van der Waals surface area contributed by atoms with E-state index in [0.29, 0.717) is 6.61 Å². The van der Waals surface area contributed by atoms with Gasteiger partial charge in [-0.15, -0.1) is 0 Å². The van der Waals surface area contributed by atoms with E-state index < -0.39 is 0 Å². The van der Waals surface area contributed by atoms with Gasteiger partial charge in [0, 0.05) is 0 Å². The van der Waals surface area contributed by atoms with Crippen molar-refractivity contribution >= 4 is 12.8 Å². The molecule has 0 aromatic carbocycles. The van der Waals surface area contributed by atoms with E-state index in [1.54, 1.807) is 0 Å². The van der Waals surface area contributed by atoms with E-state index >= 15 is 0 Å². The third-order valence-electron chi connectivity index (χ3n) is 1.88. The van der Waals surface area contributed by atoms with Crippen LogP contribution in [0, 0.1) is 0 Å². The Morgan fingerprint density at radius 1 is 1.54 bits per heavy atom. The summed E-state index contributed by atoms with van der Waals surface area (Å²) in [7, 11) is 0. The van der Waals surface area contributed by atoms with Crippen molar-refractivity contribution in [3.8, 4) is 0 Å². The molecular weight excluding hydrogens is 170 g/mol. The van der Waals surface area contributed by atoms with Gasteiger partial charge < -0.3 is 14.8 Å². The number of hydrogen-bond donors (Lipinski definition) is 1. The number of nitrogens with one attached hydrogen (secondary N) is 1. The number of hydrogen-bond acceptors (Lipinski definition) is 4. The second kappa shape index (κ2) is 7.73. The molecule has 1 aliphatic heterocycles. The normalized spacial score (nSPS) is 21.2. The van der Waals surface area contributed by atoms with Gasteiger partial charge in [0.25, 0.3) is 0 Å². The molecule has 1 atom stereocenters. The van der Waals surface area contributed by atoms with Crippen molar-refractivity contribution < 1.29 is 14.3 Å². The van der Waals surface area contributed by atoms with Crippen LogP contribution in [0.1, 0.15) is 26.2 Å². The smallest absolute Gasteiger partial charge is 0.323 e. The first-order chi connectivity index (χ1) is 6.34. The molecule has 1 saturated heterocycles. The van der Waals surface area contributed by atoms with Gasteiger partial charge in [-0.2, -0.15) is 0 Å². The average molecular weight is 187 g/mol. The maximum Gasteiger partial charge on any atom is 0.323 e. The molecule has 0 amide bonds. The van der Waals surface area contributed by atoms with Crippen LogP contribution in [-0.4, -0.2) is 32.0 Å². The highest BCUT2D eigenvalue weighted by molar-refractivity contribution is 5.75. The van der Waals surface area contributed by atoms with Crippen LogP contribution >= 0.6 is 0 Å². The summed E-state index contributed by atoms with van der Waals surface area (Å²) in [5.74, 6) is -0.0906. The molecule has 0 aromatic heterocycles. The van der Waals surface area contributed by atoms with Crippen molar-refractivity contribution in [2.75, 3.05) is 13.2 Å². The summed E-state index contributed by atoms with van der Waals surface area (Å²) in [6.07, 6.45) is 3.24. The predicted molar refractivity (Wildman–Crippen MR) is 49.4 cm³/mol. The molecule has 4 nitrogen and oxygen atoms in total. The lowest BCUT2D eigenvalue weighted by Crippen LogP contribution is -2.41. The Labute approximate surface area is 78.6 Å². The second-order valence-electron chi connectivity index (χ2n) is 2.75. The molecule has 1 N–H and O–H groups in total. The Bertz CT molecular complexity index is 144. The fraction of sp³-hybridized carbons (Fsp3) is 0.778. The summed E-state index contributed by atoms with van der Waals surface area (Å²) in [6, 6.07) is -0.0382. The Balaban J connectivity index is 0.000000671. The summed E-state index contributed by atoms with van der Waals surface area (Å²) < 4.78 is 4.88. The summed E-state index contributed by atoms with van der Waals surface area (Å²) in [5.41, 5.74) is 0. The fourth-order valence-electron chi connectivity index (χ4n) is 1.30. The minimum absolute atomic E-state index is 0.0382. The molecule has 1 heterocycles. The maximum atomic E-state index is 11.1. The van der Waals surface area contributed by atoms with Gasteiger partial charge in [0.05, 0.1) is 6.61 Å². The Morgan fingerprint density at radius 2 is 2.23 bits per heavy atom. The second-order valence-corrected chi connectivity index (χ2v) is 2.75. The van der Waals surface area contributed by atoms with Crippen LogP contribution in [0.15, 0.2) is 0 Å². The summed E-state index contributed by atoms with van der Waals surface area (Å²) >= 11 is 0. The molecule has 76 valence electrons. The van der Waals surface area contributed by atoms with Crippen LogP contribution in [0.4, 0.5) is 0 Å². The molecule has 13 heavy (non-hydrogen) atoms.